The van der Waals surface area contributed by atoms with Crippen molar-refractivity contribution in [2.75, 3.05) is 5.75 Å². The number of nitrogens with two attached hydrogens (primary N) is 1. The maximum Gasteiger partial charge on any atom is 0.327 e. The second-order valence-electron chi connectivity index (χ2n) is 6.75. The summed E-state index contributed by atoms with van der Waals surface area (Å²) in [6.07, 6.45) is 0.568. The molecule has 3 atom stereocenters. The number of aliphatic carboxylic acids is 1. The number of amides is 2. The molecule has 150 valence electrons. The number of carboxylic acids is 1. The van der Waals surface area contributed by atoms with E-state index in [1.54, 1.807) is 12.1 Å². The quantitative estimate of drug-likeness (QED) is 0.314. The van der Waals surface area contributed by atoms with Crippen LogP contribution in [0.3, 0.4) is 0 Å². The van der Waals surface area contributed by atoms with E-state index in [1.165, 1.54) is 12.1 Å². The third-order valence-electron chi connectivity index (χ3n) is 3.87. The number of benzene rings is 1. The summed E-state index contributed by atoms with van der Waals surface area (Å²) >= 11 is 3.92. The zero-order valence-electron chi connectivity index (χ0n) is 15.4. The number of thiol groups is 1. The SMILES string of the molecule is CC(C)CC(N)C(=O)NC(Cc1ccc(O)cc1)C(=O)NC(CS)C(=O)O. The van der Waals surface area contributed by atoms with Crippen LogP contribution in [0.4, 0.5) is 0 Å². The molecule has 1 rings (SSSR count). The Hall–Kier alpha value is -2.26. The van der Waals surface area contributed by atoms with Gasteiger partial charge < -0.3 is 26.6 Å². The summed E-state index contributed by atoms with van der Waals surface area (Å²) in [4.78, 5) is 36.0. The summed E-state index contributed by atoms with van der Waals surface area (Å²) in [6, 6.07) is 3.19. The third-order valence-corrected chi connectivity index (χ3v) is 4.23. The highest BCUT2D eigenvalue weighted by molar-refractivity contribution is 7.80. The predicted octanol–water partition coefficient (Wildman–Crippen LogP) is 0.292. The molecule has 0 heterocycles. The average molecular weight is 397 g/mol. The van der Waals surface area contributed by atoms with Crippen LogP contribution in [0.15, 0.2) is 24.3 Å². The fourth-order valence-corrected chi connectivity index (χ4v) is 2.68. The number of rotatable bonds is 10. The molecular weight excluding hydrogens is 370 g/mol. The van der Waals surface area contributed by atoms with Crippen molar-refractivity contribution in [1.29, 1.82) is 0 Å². The first kappa shape index (κ1) is 22.8. The standard InChI is InChI=1S/C18H27N3O5S/c1-10(2)7-13(19)16(23)20-14(8-11-3-5-12(22)6-4-11)17(24)21-15(9-27)18(25)26/h3-6,10,13-15,22,27H,7-9,19H2,1-2H3,(H,20,23)(H,21,24)(H,25,26). The molecule has 0 saturated carbocycles. The molecule has 6 N–H and O–H groups in total. The molecule has 0 spiro atoms. The molecule has 0 aliphatic carbocycles. The molecule has 3 unspecified atom stereocenters. The molecule has 2 amide bonds. The lowest BCUT2D eigenvalue weighted by atomic mass is 10.0. The number of carbonyl (C=O) groups is 3. The van der Waals surface area contributed by atoms with E-state index in [0.717, 1.165) is 0 Å². The molecule has 0 saturated heterocycles. The lowest BCUT2D eigenvalue weighted by Crippen LogP contribution is -2.55. The molecule has 9 heteroatoms. The summed E-state index contributed by atoms with van der Waals surface area (Å²) in [7, 11) is 0. The van der Waals surface area contributed by atoms with E-state index in [0.29, 0.717) is 12.0 Å². The molecule has 0 aliphatic rings. The topological polar surface area (TPSA) is 142 Å². The number of hydrogen-bond acceptors (Lipinski definition) is 6. The summed E-state index contributed by atoms with van der Waals surface area (Å²) in [6.45, 7) is 3.86. The minimum atomic E-state index is -1.22. The van der Waals surface area contributed by atoms with Crippen molar-refractivity contribution in [1.82, 2.24) is 10.6 Å². The van der Waals surface area contributed by atoms with Gasteiger partial charge in [0.25, 0.3) is 0 Å². The average Bonchev–Trinajstić information content (AvgIpc) is 2.59. The van der Waals surface area contributed by atoms with Gasteiger partial charge in [0.2, 0.25) is 11.8 Å². The van der Waals surface area contributed by atoms with Gasteiger partial charge in [-0.15, -0.1) is 0 Å². The van der Waals surface area contributed by atoms with Crippen LogP contribution in [0.25, 0.3) is 0 Å². The highest BCUT2D eigenvalue weighted by atomic mass is 32.1. The zero-order chi connectivity index (χ0) is 20.6. The van der Waals surface area contributed by atoms with E-state index in [4.69, 9.17) is 10.8 Å². The van der Waals surface area contributed by atoms with Crippen LogP contribution in [0.2, 0.25) is 0 Å². The monoisotopic (exact) mass is 397 g/mol. The number of hydrogen-bond donors (Lipinski definition) is 6. The van der Waals surface area contributed by atoms with Gasteiger partial charge in [0.1, 0.15) is 17.8 Å². The van der Waals surface area contributed by atoms with E-state index in [9.17, 15) is 19.5 Å². The Labute approximate surface area is 163 Å². The highest BCUT2D eigenvalue weighted by Crippen LogP contribution is 2.12. The van der Waals surface area contributed by atoms with Crippen LogP contribution in [-0.4, -0.2) is 51.9 Å². The van der Waals surface area contributed by atoms with Gasteiger partial charge in [-0.3, -0.25) is 9.59 Å². The van der Waals surface area contributed by atoms with Crippen LogP contribution < -0.4 is 16.4 Å². The molecule has 0 radical (unpaired) electrons. The van der Waals surface area contributed by atoms with E-state index in [-0.39, 0.29) is 23.8 Å². The first-order valence-corrected chi connectivity index (χ1v) is 9.25. The maximum atomic E-state index is 12.6. The molecule has 0 aromatic heterocycles. The van der Waals surface area contributed by atoms with Crippen LogP contribution in [0.1, 0.15) is 25.8 Å². The Balaban J connectivity index is 2.93. The molecular formula is C18H27N3O5S. The summed E-state index contributed by atoms with van der Waals surface area (Å²) in [5.41, 5.74) is 6.56. The van der Waals surface area contributed by atoms with Crippen molar-refractivity contribution in [2.45, 2.75) is 44.8 Å². The predicted molar refractivity (Wildman–Crippen MR) is 105 cm³/mol. The van der Waals surface area contributed by atoms with Gasteiger partial charge in [-0.05, 0) is 30.0 Å². The zero-order valence-corrected chi connectivity index (χ0v) is 16.3. The van der Waals surface area contributed by atoms with Crippen LogP contribution >= 0.6 is 12.6 Å². The fraction of sp³-hybridized carbons (Fsp3) is 0.500. The van der Waals surface area contributed by atoms with Gasteiger partial charge in [0.15, 0.2) is 0 Å². The molecule has 1 aromatic carbocycles. The Bertz CT molecular complexity index is 651. The van der Waals surface area contributed by atoms with Crippen molar-refractivity contribution in [3.05, 3.63) is 29.8 Å². The summed E-state index contributed by atoms with van der Waals surface area (Å²) in [5.74, 6) is -2.16. The van der Waals surface area contributed by atoms with Gasteiger partial charge in [-0.25, -0.2) is 4.79 Å². The normalized spacial score (nSPS) is 14.3. The number of nitrogens with one attached hydrogen (secondary N) is 2. The summed E-state index contributed by atoms with van der Waals surface area (Å²) < 4.78 is 0. The van der Waals surface area contributed by atoms with Gasteiger partial charge in [0, 0.05) is 12.2 Å². The second-order valence-corrected chi connectivity index (χ2v) is 7.11. The van der Waals surface area contributed by atoms with Crippen molar-refractivity contribution >= 4 is 30.4 Å². The first-order valence-electron chi connectivity index (χ1n) is 8.62. The van der Waals surface area contributed by atoms with E-state index in [2.05, 4.69) is 23.3 Å². The van der Waals surface area contributed by atoms with E-state index in [1.807, 2.05) is 13.8 Å². The lowest BCUT2D eigenvalue weighted by molar-refractivity contribution is -0.141. The van der Waals surface area contributed by atoms with E-state index >= 15 is 0 Å². The smallest absolute Gasteiger partial charge is 0.327 e. The summed E-state index contributed by atoms with van der Waals surface area (Å²) in [5, 5.41) is 23.4. The third kappa shape index (κ3) is 7.88. The molecule has 27 heavy (non-hydrogen) atoms. The Kier molecular flexibility index (Phi) is 9.10. The lowest BCUT2D eigenvalue weighted by Gasteiger charge is -2.23. The van der Waals surface area contributed by atoms with Crippen LogP contribution in [0.5, 0.6) is 5.75 Å². The number of carboxylic acid groups (broad SMARTS) is 1. The Morgan fingerprint density at radius 3 is 2.11 bits per heavy atom. The first-order chi connectivity index (χ1) is 12.6. The minimum Gasteiger partial charge on any atom is -0.508 e. The van der Waals surface area contributed by atoms with Gasteiger partial charge in [-0.2, -0.15) is 12.6 Å². The number of phenolic OH excluding ortho intramolecular Hbond substituents is 1. The van der Waals surface area contributed by atoms with Gasteiger partial charge in [0.05, 0.1) is 6.04 Å². The van der Waals surface area contributed by atoms with Crippen molar-refractivity contribution in [3.63, 3.8) is 0 Å². The minimum absolute atomic E-state index is 0.0729. The van der Waals surface area contributed by atoms with Crippen LogP contribution in [0, 0.1) is 5.92 Å². The molecule has 0 bridgehead atoms. The van der Waals surface area contributed by atoms with Gasteiger partial charge in [-0.1, -0.05) is 26.0 Å². The van der Waals surface area contributed by atoms with Crippen molar-refractivity contribution in [3.8, 4) is 5.75 Å². The molecule has 1 aromatic rings. The number of aromatic hydroxyl groups is 1. The molecule has 0 fully saturated rings. The largest absolute Gasteiger partial charge is 0.508 e. The second kappa shape index (κ2) is 10.8. The Morgan fingerprint density at radius 1 is 1.07 bits per heavy atom. The van der Waals surface area contributed by atoms with Crippen molar-refractivity contribution < 1.29 is 24.6 Å². The Morgan fingerprint density at radius 2 is 1.63 bits per heavy atom. The van der Waals surface area contributed by atoms with Crippen LogP contribution in [-0.2, 0) is 20.8 Å². The number of phenols is 1. The molecule has 8 nitrogen and oxygen atoms in total. The fourth-order valence-electron chi connectivity index (χ4n) is 2.43. The number of carbonyl (C=O) groups excluding carboxylic acids is 2. The highest BCUT2D eigenvalue weighted by Gasteiger charge is 2.27. The molecule has 0 aliphatic heterocycles. The van der Waals surface area contributed by atoms with E-state index < -0.39 is 35.9 Å². The maximum absolute atomic E-state index is 12.6. The van der Waals surface area contributed by atoms with Crippen molar-refractivity contribution in [2.24, 2.45) is 11.7 Å². The van der Waals surface area contributed by atoms with Gasteiger partial charge >= 0.3 is 5.97 Å².